The third-order valence-electron chi connectivity index (χ3n) is 3.91. The van der Waals surface area contributed by atoms with Crippen molar-refractivity contribution in [2.75, 3.05) is 6.61 Å². The number of benzene rings is 2. The summed E-state index contributed by atoms with van der Waals surface area (Å²) in [6.45, 7) is -0.859. The fourth-order valence-corrected chi connectivity index (χ4v) is 2.59. The zero-order valence-electron chi connectivity index (χ0n) is 15.2. The molecule has 30 heavy (non-hydrogen) atoms. The molecule has 0 saturated heterocycles. The molecule has 3 rings (SSSR count). The first-order valence-electron chi connectivity index (χ1n) is 8.42. The summed E-state index contributed by atoms with van der Waals surface area (Å²) in [6, 6.07) is 13.8. The van der Waals surface area contributed by atoms with E-state index in [2.05, 4.69) is 15.4 Å². The van der Waals surface area contributed by atoms with Crippen LogP contribution >= 0.6 is 0 Å². The highest BCUT2D eigenvalue weighted by atomic mass is 16.9. The molecule has 0 aliphatic rings. The molecule has 0 saturated carbocycles. The van der Waals surface area contributed by atoms with Crippen molar-refractivity contribution >= 4 is 11.8 Å². The van der Waals surface area contributed by atoms with E-state index in [0.717, 1.165) is 0 Å². The third kappa shape index (κ3) is 4.62. The molecule has 12 nitrogen and oxygen atoms in total. The quantitative estimate of drug-likeness (QED) is 0.337. The van der Waals surface area contributed by atoms with Gasteiger partial charge in [0.05, 0.1) is 11.4 Å². The maximum atomic E-state index is 12.1. The van der Waals surface area contributed by atoms with Crippen molar-refractivity contribution in [1.29, 1.82) is 0 Å². The van der Waals surface area contributed by atoms with Crippen LogP contribution in [-0.4, -0.2) is 38.4 Å². The number of para-hydroxylation sites is 1. The zero-order chi connectivity index (χ0) is 21.7. The Morgan fingerprint density at radius 1 is 1.13 bits per heavy atom. The molecule has 12 heteroatoms. The Hall–Kier alpha value is -4.61. The van der Waals surface area contributed by atoms with E-state index in [4.69, 9.17) is 0 Å². The largest absolute Gasteiger partial charge is 0.507 e. The summed E-state index contributed by atoms with van der Waals surface area (Å²) in [4.78, 5) is 49.2. The fourth-order valence-electron chi connectivity index (χ4n) is 2.59. The van der Waals surface area contributed by atoms with Crippen LogP contribution in [0.15, 0.2) is 59.4 Å². The van der Waals surface area contributed by atoms with Crippen LogP contribution in [0.3, 0.4) is 0 Å². The maximum Gasteiger partial charge on any atom is 0.295 e. The number of aromatic amines is 1. The van der Waals surface area contributed by atoms with Gasteiger partial charge >= 0.3 is 0 Å². The van der Waals surface area contributed by atoms with E-state index in [1.807, 2.05) is 5.43 Å². The Kier molecular flexibility index (Phi) is 5.77. The average Bonchev–Trinajstić information content (AvgIpc) is 3.12. The predicted octanol–water partition coefficient (Wildman–Crippen LogP) is 0.507. The fraction of sp³-hybridized carbons (Fsp3) is 0.0556. The number of amides is 2. The summed E-state index contributed by atoms with van der Waals surface area (Å²) in [7, 11) is 0. The Labute approximate surface area is 167 Å². The van der Waals surface area contributed by atoms with E-state index in [-0.39, 0.29) is 16.9 Å². The van der Waals surface area contributed by atoms with Gasteiger partial charge in [0.2, 0.25) is 0 Å². The Balaban J connectivity index is 1.75. The molecule has 3 aromatic rings. The number of carbonyl (C=O) groups is 2. The molecule has 1 aromatic heterocycles. The van der Waals surface area contributed by atoms with Crippen molar-refractivity contribution in [3.05, 3.63) is 80.6 Å². The van der Waals surface area contributed by atoms with Crippen LogP contribution in [0.5, 0.6) is 5.75 Å². The van der Waals surface area contributed by atoms with Gasteiger partial charge in [-0.2, -0.15) is 0 Å². The van der Waals surface area contributed by atoms with Crippen LogP contribution < -0.4 is 16.4 Å². The number of H-pyrrole nitrogens is 1. The van der Waals surface area contributed by atoms with Gasteiger partial charge in [0.1, 0.15) is 5.75 Å². The summed E-state index contributed by atoms with van der Waals surface area (Å²) in [5.74, 6) is -1.58. The minimum Gasteiger partial charge on any atom is -0.507 e. The summed E-state index contributed by atoms with van der Waals surface area (Å²) >= 11 is 0. The molecular formula is C18H15N5O7. The molecule has 0 atom stereocenters. The number of hydrogen-bond donors (Lipinski definition) is 4. The first kappa shape index (κ1) is 20.1. The number of nitrogens with one attached hydrogen (secondary N) is 3. The normalized spacial score (nSPS) is 10.3. The SMILES string of the molecule is O=C(CO[N+](=O)[O-])NNC(=O)c1ccc(-n2[nH]c(=O)cc2-c2ccccc2O)cc1. The molecule has 2 amide bonds. The second-order valence-electron chi connectivity index (χ2n) is 5.90. The Morgan fingerprint density at radius 3 is 2.50 bits per heavy atom. The summed E-state index contributed by atoms with van der Waals surface area (Å²) in [5.41, 5.74) is 5.24. The Bertz CT molecular complexity index is 1150. The molecule has 0 radical (unpaired) electrons. The molecule has 0 spiro atoms. The molecule has 0 bridgehead atoms. The van der Waals surface area contributed by atoms with Gasteiger partial charge in [0.15, 0.2) is 6.61 Å². The van der Waals surface area contributed by atoms with Crippen LogP contribution in [0.25, 0.3) is 16.9 Å². The number of phenolic OH excluding ortho intramolecular Hbond substituents is 1. The predicted molar refractivity (Wildman–Crippen MR) is 102 cm³/mol. The van der Waals surface area contributed by atoms with E-state index in [1.165, 1.54) is 28.9 Å². The van der Waals surface area contributed by atoms with Gasteiger partial charge < -0.3 is 9.94 Å². The molecular weight excluding hydrogens is 398 g/mol. The number of hydrazine groups is 1. The van der Waals surface area contributed by atoms with Crippen LogP contribution in [0.2, 0.25) is 0 Å². The van der Waals surface area contributed by atoms with E-state index < -0.39 is 23.5 Å². The second-order valence-corrected chi connectivity index (χ2v) is 5.90. The minimum absolute atomic E-state index is 0.00181. The maximum absolute atomic E-state index is 12.1. The molecule has 2 aromatic carbocycles. The smallest absolute Gasteiger partial charge is 0.295 e. The lowest BCUT2D eigenvalue weighted by atomic mass is 10.1. The standard InChI is InChI=1S/C18H15N5O7/c24-15-4-2-1-3-13(15)14-9-16(25)21-22(14)12-7-5-11(6-8-12)18(27)20-19-17(26)10-30-23(28)29/h1-9,24H,10H2,(H,19,26)(H,20,27)(H,21,25). The van der Waals surface area contributed by atoms with Gasteiger partial charge in [-0.15, -0.1) is 10.1 Å². The number of rotatable bonds is 6. The number of carbonyl (C=O) groups excluding carboxylic acids is 2. The van der Waals surface area contributed by atoms with Gasteiger partial charge in [0, 0.05) is 17.2 Å². The number of hydrogen-bond acceptors (Lipinski definition) is 7. The van der Waals surface area contributed by atoms with Crippen LogP contribution in [0.1, 0.15) is 10.4 Å². The Morgan fingerprint density at radius 2 is 1.83 bits per heavy atom. The van der Waals surface area contributed by atoms with Gasteiger partial charge in [-0.1, -0.05) is 12.1 Å². The van der Waals surface area contributed by atoms with E-state index >= 15 is 0 Å². The van der Waals surface area contributed by atoms with Gasteiger partial charge in [0.25, 0.3) is 22.5 Å². The van der Waals surface area contributed by atoms with Crippen molar-refractivity contribution in [1.82, 2.24) is 20.6 Å². The van der Waals surface area contributed by atoms with Crippen LogP contribution in [0, 0.1) is 10.1 Å². The van der Waals surface area contributed by atoms with E-state index in [0.29, 0.717) is 16.9 Å². The van der Waals surface area contributed by atoms with Crippen molar-refractivity contribution in [2.45, 2.75) is 0 Å². The monoisotopic (exact) mass is 413 g/mol. The van der Waals surface area contributed by atoms with Gasteiger partial charge in [-0.05, 0) is 36.4 Å². The molecule has 0 aliphatic carbocycles. The van der Waals surface area contributed by atoms with Crippen LogP contribution in [0.4, 0.5) is 0 Å². The van der Waals surface area contributed by atoms with Crippen molar-refractivity contribution < 1.29 is 24.6 Å². The number of aromatic nitrogens is 2. The first-order valence-corrected chi connectivity index (χ1v) is 8.42. The highest BCUT2D eigenvalue weighted by molar-refractivity contribution is 5.95. The van der Waals surface area contributed by atoms with Gasteiger partial charge in [-0.25, -0.2) is 0 Å². The minimum atomic E-state index is -1.13. The first-order chi connectivity index (χ1) is 14.3. The number of nitrogens with zero attached hydrogens (tertiary/aromatic N) is 2. The number of phenols is 1. The highest BCUT2D eigenvalue weighted by Gasteiger charge is 2.14. The summed E-state index contributed by atoms with van der Waals surface area (Å²) < 4.78 is 1.45. The van der Waals surface area contributed by atoms with Crippen molar-refractivity contribution in [2.24, 2.45) is 0 Å². The highest BCUT2D eigenvalue weighted by Crippen LogP contribution is 2.29. The van der Waals surface area contributed by atoms with E-state index in [9.17, 15) is 29.6 Å². The molecule has 0 aliphatic heterocycles. The molecule has 1 heterocycles. The molecule has 0 unspecified atom stereocenters. The molecule has 154 valence electrons. The zero-order valence-corrected chi connectivity index (χ0v) is 15.2. The van der Waals surface area contributed by atoms with Crippen molar-refractivity contribution in [3.8, 4) is 22.7 Å². The molecule has 0 fully saturated rings. The van der Waals surface area contributed by atoms with Gasteiger partial charge in [-0.3, -0.25) is 35.0 Å². The summed E-state index contributed by atoms with van der Waals surface area (Å²) in [6.07, 6.45) is 0. The number of aromatic hydroxyl groups is 1. The van der Waals surface area contributed by atoms with Crippen molar-refractivity contribution in [3.63, 3.8) is 0 Å². The lowest BCUT2D eigenvalue weighted by Gasteiger charge is -2.11. The summed E-state index contributed by atoms with van der Waals surface area (Å²) in [5, 5.41) is 21.6. The molecule has 4 N–H and O–H groups in total. The topological polar surface area (TPSA) is 169 Å². The average molecular weight is 413 g/mol. The lowest BCUT2D eigenvalue weighted by molar-refractivity contribution is -0.754. The second kappa shape index (κ2) is 8.60. The lowest BCUT2D eigenvalue weighted by Crippen LogP contribution is -2.43. The third-order valence-corrected chi connectivity index (χ3v) is 3.91. The van der Waals surface area contributed by atoms with E-state index in [1.54, 1.807) is 30.3 Å². The van der Waals surface area contributed by atoms with Crippen LogP contribution in [-0.2, 0) is 9.63 Å².